The molecule has 1 fully saturated rings. The third kappa shape index (κ3) is 2.45. The Labute approximate surface area is 103 Å². The Morgan fingerprint density at radius 1 is 1.41 bits per heavy atom. The average molecular weight is 241 g/mol. The van der Waals surface area contributed by atoms with Gasteiger partial charge in [-0.3, -0.25) is 4.79 Å². The van der Waals surface area contributed by atoms with Gasteiger partial charge in [0.15, 0.2) is 0 Å². The summed E-state index contributed by atoms with van der Waals surface area (Å²) in [5.74, 6) is -0.930. The zero-order valence-corrected chi connectivity index (χ0v) is 11.0. The van der Waals surface area contributed by atoms with Crippen LogP contribution in [0.4, 0.5) is 0 Å². The standard InChI is InChI=1S/C13H23NO3/c1-4-9-14(11(3)15)13(12(16)17)8-6-5-7-10(13)2/h10H,4-9H2,1-3H3,(H,16,17). The van der Waals surface area contributed by atoms with Crippen molar-refractivity contribution in [3.63, 3.8) is 0 Å². The van der Waals surface area contributed by atoms with Crippen molar-refractivity contribution in [2.24, 2.45) is 5.92 Å². The van der Waals surface area contributed by atoms with Crippen molar-refractivity contribution in [1.29, 1.82) is 0 Å². The van der Waals surface area contributed by atoms with E-state index in [1.807, 2.05) is 13.8 Å². The number of carboxylic acid groups (broad SMARTS) is 1. The predicted molar refractivity (Wildman–Crippen MR) is 65.7 cm³/mol. The minimum atomic E-state index is -0.972. The van der Waals surface area contributed by atoms with Gasteiger partial charge >= 0.3 is 5.97 Å². The van der Waals surface area contributed by atoms with Crippen LogP contribution in [-0.4, -0.2) is 34.0 Å². The fourth-order valence-corrected chi connectivity index (χ4v) is 3.03. The third-order valence-corrected chi connectivity index (χ3v) is 3.94. The number of nitrogens with zero attached hydrogens (tertiary/aromatic N) is 1. The summed E-state index contributed by atoms with van der Waals surface area (Å²) in [7, 11) is 0. The van der Waals surface area contributed by atoms with Crippen LogP contribution < -0.4 is 0 Å². The van der Waals surface area contributed by atoms with Gasteiger partial charge in [0.2, 0.25) is 5.91 Å². The number of rotatable bonds is 4. The zero-order valence-electron chi connectivity index (χ0n) is 11.0. The molecule has 1 aliphatic carbocycles. The number of hydrogen-bond donors (Lipinski definition) is 1. The average Bonchev–Trinajstić information content (AvgIpc) is 2.26. The van der Waals surface area contributed by atoms with Gasteiger partial charge in [-0.15, -0.1) is 0 Å². The van der Waals surface area contributed by atoms with E-state index in [0.29, 0.717) is 13.0 Å². The van der Waals surface area contributed by atoms with Gasteiger partial charge in [-0.05, 0) is 25.2 Å². The lowest BCUT2D eigenvalue weighted by molar-refractivity contribution is -0.165. The maximum atomic E-state index is 11.8. The summed E-state index contributed by atoms with van der Waals surface area (Å²) in [6.45, 7) is 5.94. The lowest BCUT2D eigenvalue weighted by Crippen LogP contribution is -2.61. The van der Waals surface area contributed by atoms with Crippen LogP contribution in [0, 0.1) is 5.92 Å². The first-order valence-electron chi connectivity index (χ1n) is 6.48. The molecule has 1 N–H and O–H groups in total. The molecule has 2 atom stereocenters. The molecule has 4 heteroatoms. The van der Waals surface area contributed by atoms with Crippen molar-refractivity contribution in [3.05, 3.63) is 0 Å². The lowest BCUT2D eigenvalue weighted by atomic mass is 9.72. The van der Waals surface area contributed by atoms with Gasteiger partial charge in [0.05, 0.1) is 0 Å². The second-order valence-corrected chi connectivity index (χ2v) is 5.05. The van der Waals surface area contributed by atoms with Gasteiger partial charge in [-0.2, -0.15) is 0 Å². The Bertz CT molecular complexity index is 303. The van der Waals surface area contributed by atoms with Crippen LogP contribution in [0.1, 0.15) is 52.9 Å². The van der Waals surface area contributed by atoms with Crippen LogP contribution in [0.3, 0.4) is 0 Å². The Morgan fingerprint density at radius 2 is 2.06 bits per heavy atom. The van der Waals surface area contributed by atoms with E-state index in [1.165, 1.54) is 6.92 Å². The molecule has 0 heterocycles. The highest BCUT2D eigenvalue weighted by atomic mass is 16.4. The molecule has 0 aliphatic heterocycles. The van der Waals surface area contributed by atoms with Crippen molar-refractivity contribution in [2.75, 3.05) is 6.54 Å². The van der Waals surface area contributed by atoms with E-state index in [2.05, 4.69) is 0 Å². The first-order valence-corrected chi connectivity index (χ1v) is 6.48. The van der Waals surface area contributed by atoms with E-state index in [-0.39, 0.29) is 11.8 Å². The Hall–Kier alpha value is -1.06. The molecule has 0 radical (unpaired) electrons. The molecule has 2 unspecified atom stereocenters. The highest BCUT2D eigenvalue weighted by Crippen LogP contribution is 2.39. The number of carboxylic acids is 1. The zero-order chi connectivity index (χ0) is 13.1. The SMILES string of the molecule is CCCN(C(C)=O)C1(C(=O)O)CCCCC1C. The van der Waals surface area contributed by atoms with Gasteiger partial charge in [-0.1, -0.05) is 26.7 Å². The highest BCUT2D eigenvalue weighted by molar-refractivity contribution is 5.86. The van der Waals surface area contributed by atoms with Crippen LogP contribution in [0.2, 0.25) is 0 Å². The molecule has 1 saturated carbocycles. The van der Waals surface area contributed by atoms with E-state index in [0.717, 1.165) is 25.7 Å². The van der Waals surface area contributed by atoms with Gasteiger partial charge in [-0.25, -0.2) is 4.79 Å². The summed E-state index contributed by atoms with van der Waals surface area (Å²) in [4.78, 5) is 25.0. The van der Waals surface area contributed by atoms with E-state index in [9.17, 15) is 14.7 Å². The van der Waals surface area contributed by atoms with E-state index in [4.69, 9.17) is 0 Å². The monoisotopic (exact) mass is 241 g/mol. The molecule has 1 aliphatic rings. The van der Waals surface area contributed by atoms with Crippen molar-refractivity contribution in [1.82, 2.24) is 4.90 Å². The van der Waals surface area contributed by atoms with Crippen molar-refractivity contribution >= 4 is 11.9 Å². The molecule has 0 saturated heterocycles. The number of amides is 1. The minimum absolute atomic E-state index is 0.0317. The maximum absolute atomic E-state index is 11.8. The number of carbonyl (C=O) groups excluding carboxylic acids is 1. The van der Waals surface area contributed by atoms with Crippen molar-refractivity contribution in [2.45, 2.75) is 58.4 Å². The molecule has 17 heavy (non-hydrogen) atoms. The number of carbonyl (C=O) groups is 2. The minimum Gasteiger partial charge on any atom is -0.479 e. The molecule has 1 amide bonds. The first kappa shape index (κ1) is 14.0. The summed E-state index contributed by atoms with van der Waals surface area (Å²) in [6.07, 6.45) is 4.22. The normalized spacial score (nSPS) is 28.8. The Kier molecular flexibility index (Phi) is 4.54. The van der Waals surface area contributed by atoms with Crippen LogP contribution in [-0.2, 0) is 9.59 Å². The van der Waals surface area contributed by atoms with Crippen LogP contribution >= 0.6 is 0 Å². The first-order chi connectivity index (χ1) is 7.96. The van der Waals surface area contributed by atoms with E-state index in [1.54, 1.807) is 4.90 Å². The number of hydrogen-bond acceptors (Lipinski definition) is 2. The van der Waals surface area contributed by atoms with Gasteiger partial charge in [0, 0.05) is 13.5 Å². The number of aliphatic carboxylic acids is 1. The molecule has 0 spiro atoms. The smallest absolute Gasteiger partial charge is 0.329 e. The maximum Gasteiger partial charge on any atom is 0.329 e. The van der Waals surface area contributed by atoms with Crippen molar-refractivity contribution < 1.29 is 14.7 Å². The predicted octanol–water partition coefficient (Wildman–Crippen LogP) is 2.28. The van der Waals surface area contributed by atoms with Crippen LogP contribution in [0.15, 0.2) is 0 Å². The molecule has 4 nitrogen and oxygen atoms in total. The highest BCUT2D eigenvalue weighted by Gasteiger charge is 2.50. The summed E-state index contributed by atoms with van der Waals surface area (Å²) in [6, 6.07) is 0. The Balaban J connectivity index is 3.11. The van der Waals surface area contributed by atoms with Crippen LogP contribution in [0.25, 0.3) is 0 Å². The quantitative estimate of drug-likeness (QED) is 0.821. The van der Waals surface area contributed by atoms with Crippen LogP contribution in [0.5, 0.6) is 0 Å². The van der Waals surface area contributed by atoms with E-state index >= 15 is 0 Å². The van der Waals surface area contributed by atoms with Gasteiger partial charge in [0.25, 0.3) is 0 Å². The second-order valence-electron chi connectivity index (χ2n) is 5.05. The van der Waals surface area contributed by atoms with Gasteiger partial charge < -0.3 is 10.0 Å². The molecule has 1 rings (SSSR count). The second kappa shape index (κ2) is 5.52. The summed E-state index contributed by atoms with van der Waals surface area (Å²) in [5.41, 5.74) is -0.972. The summed E-state index contributed by atoms with van der Waals surface area (Å²) in [5, 5.41) is 9.61. The molecule has 98 valence electrons. The molecule has 0 aromatic heterocycles. The molecule has 0 aromatic rings. The largest absolute Gasteiger partial charge is 0.479 e. The lowest BCUT2D eigenvalue weighted by Gasteiger charge is -2.46. The Morgan fingerprint density at radius 3 is 2.47 bits per heavy atom. The third-order valence-electron chi connectivity index (χ3n) is 3.94. The molecular weight excluding hydrogens is 218 g/mol. The van der Waals surface area contributed by atoms with Gasteiger partial charge in [0.1, 0.15) is 5.54 Å². The fourth-order valence-electron chi connectivity index (χ4n) is 3.03. The molecule has 0 bridgehead atoms. The van der Waals surface area contributed by atoms with E-state index < -0.39 is 11.5 Å². The molecular formula is C13H23NO3. The van der Waals surface area contributed by atoms with Crippen molar-refractivity contribution in [3.8, 4) is 0 Å². The summed E-state index contributed by atoms with van der Waals surface area (Å²) < 4.78 is 0. The molecule has 0 aromatic carbocycles. The fraction of sp³-hybridized carbons (Fsp3) is 0.846. The topological polar surface area (TPSA) is 57.6 Å². The summed E-state index contributed by atoms with van der Waals surface area (Å²) >= 11 is 0.